The van der Waals surface area contributed by atoms with Gasteiger partial charge in [-0.25, -0.2) is 0 Å². The molecule has 1 heterocycles. The molecular weight excluding hydrogens is 220 g/mol. The van der Waals surface area contributed by atoms with Crippen molar-refractivity contribution < 1.29 is 19.0 Å². The molecule has 2 aliphatic rings. The van der Waals surface area contributed by atoms with Crippen LogP contribution in [0.15, 0.2) is 0 Å². The third-order valence-corrected chi connectivity index (χ3v) is 3.80. The Balaban J connectivity index is 1.63. The Hall–Kier alpha value is -0.610. The first-order valence-corrected chi connectivity index (χ1v) is 6.56. The Bertz CT molecular complexity index is 240. The van der Waals surface area contributed by atoms with E-state index >= 15 is 0 Å². The summed E-state index contributed by atoms with van der Waals surface area (Å²) in [5.74, 6) is 0.607. The average molecular weight is 242 g/mol. The molecule has 0 spiro atoms. The van der Waals surface area contributed by atoms with E-state index in [0.29, 0.717) is 12.0 Å². The van der Waals surface area contributed by atoms with Crippen molar-refractivity contribution >= 4 is 5.97 Å². The highest BCUT2D eigenvalue weighted by atomic mass is 16.5. The topological polar surface area (TPSA) is 44.8 Å². The van der Waals surface area contributed by atoms with E-state index in [-0.39, 0.29) is 11.9 Å². The maximum absolute atomic E-state index is 11.4. The maximum Gasteiger partial charge on any atom is 0.308 e. The molecule has 0 N–H and O–H groups in total. The largest absolute Gasteiger partial charge is 0.469 e. The van der Waals surface area contributed by atoms with Gasteiger partial charge in [0.25, 0.3) is 0 Å². The van der Waals surface area contributed by atoms with Gasteiger partial charge in [0.05, 0.1) is 32.3 Å². The van der Waals surface area contributed by atoms with Crippen molar-refractivity contribution in [2.24, 2.45) is 11.8 Å². The average Bonchev–Trinajstić information content (AvgIpc) is 2.89. The van der Waals surface area contributed by atoms with E-state index in [9.17, 15) is 4.79 Å². The van der Waals surface area contributed by atoms with Crippen molar-refractivity contribution in [2.45, 2.75) is 38.2 Å². The van der Waals surface area contributed by atoms with Crippen molar-refractivity contribution in [2.75, 3.05) is 26.9 Å². The van der Waals surface area contributed by atoms with Gasteiger partial charge in [0, 0.05) is 12.5 Å². The van der Waals surface area contributed by atoms with Gasteiger partial charge in [-0.1, -0.05) is 0 Å². The van der Waals surface area contributed by atoms with Crippen LogP contribution in [-0.4, -0.2) is 39.0 Å². The molecule has 0 aromatic carbocycles. The first kappa shape index (κ1) is 12.8. The number of esters is 1. The van der Waals surface area contributed by atoms with Crippen molar-refractivity contribution in [3.63, 3.8) is 0 Å². The van der Waals surface area contributed by atoms with Gasteiger partial charge in [-0.05, 0) is 32.1 Å². The Morgan fingerprint density at radius 1 is 1.24 bits per heavy atom. The molecular formula is C13H22O4. The predicted octanol–water partition coefficient (Wildman–Crippen LogP) is 1.77. The number of carbonyl (C=O) groups is 1. The third-order valence-electron chi connectivity index (χ3n) is 3.80. The summed E-state index contributed by atoms with van der Waals surface area (Å²) in [5, 5.41) is 0. The number of methoxy groups -OCH3 is 1. The molecule has 1 saturated carbocycles. The summed E-state index contributed by atoms with van der Waals surface area (Å²) in [6, 6.07) is 0. The summed E-state index contributed by atoms with van der Waals surface area (Å²) < 4.78 is 16.0. The number of hydrogen-bond donors (Lipinski definition) is 0. The normalized spacial score (nSPS) is 33.6. The molecule has 1 aliphatic carbocycles. The molecule has 1 atom stereocenters. The van der Waals surface area contributed by atoms with E-state index < -0.39 is 0 Å². The van der Waals surface area contributed by atoms with Crippen LogP contribution >= 0.6 is 0 Å². The highest BCUT2D eigenvalue weighted by molar-refractivity contribution is 5.72. The lowest BCUT2D eigenvalue weighted by atomic mass is 9.87. The zero-order valence-corrected chi connectivity index (χ0v) is 10.5. The summed E-state index contributed by atoms with van der Waals surface area (Å²) in [4.78, 5) is 11.4. The highest BCUT2D eigenvalue weighted by Crippen LogP contribution is 2.27. The Labute approximate surface area is 103 Å². The number of carbonyl (C=O) groups excluding carboxylic acids is 1. The summed E-state index contributed by atoms with van der Waals surface area (Å²) in [6.45, 7) is 2.54. The molecule has 1 unspecified atom stereocenters. The molecule has 0 amide bonds. The summed E-state index contributed by atoms with van der Waals surface area (Å²) >= 11 is 0. The van der Waals surface area contributed by atoms with Gasteiger partial charge in [0.15, 0.2) is 0 Å². The molecule has 1 aliphatic heterocycles. The van der Waals surface area contributed by atoms with Crippen molar-refractivity contribution in [1.29, 1.82) is 0 Å². The van der Waals surface area contributed by atoms with Crippen molar-refractivity contribution in [1.82, 2.24) is 0 Å². The summed E-state index contributed by atoms with van der Waals surface area (Å²) in [7, 11) is 1.46. The number of hydrogen-bond acceptors (Lipinski definition) is 4. The second kappa shape index (κ2) is 6.36. The van der Waals surface area contributed by atoms with Gasteiger partial charge < -0.3 is 14.2 Å². The van der Waals surface area contributed by atoms with Crippen LogP contribution in [0.3, 0.4) is 0 Å². The fourth-order valence-electron chi connectivity index (χ4n) is 2.62. The second-order valence-electron chi connectivity index (χ2n) is 5.06. The maximum atomic E-state index is 11.4. The molecule has 1 saturated heterocycles. The van der Waals surface area contributed by atoms with Crippen LogP contribution in [0.4, 0.5) is 0 Å². The Kier molecular flexibility index (Phi) is 4.80. The Morgan fingerprint density at radius 2 is 2.00 bits per heavy atom. The zero-order chi connectivity index (χ0) is 12.1. The first-order chi connectivity index (χ1) is 8.29. The molecule has 0 aromatic rings. The lowest BCUT2D eigenvalue weighted by Gasteiger charge is -2.27. The summed E-state index contributed by atoms with van der Waals surface area (Å²) in [6.07, 6.45) is 5.21. The van der Waals surface area contributed by atoms with Crippen LogP contribution in [0.25, 0.3) is 0 Å². The summed E-state index contributed by atoms with van der Waals surface area (Å²) in [5.41, 5.74) is 0. The van der Waals surface area contributed by atoms with Crippen LogP contribution in [0.1, 0.15) is 32.1 Å². The van der Waals surface area contributed by atoms with Crippen LogP contribution in [0, 0.1) is 11.8 Å². The van der Waals surface area contributed by atoms with E-state index in [2.05, 4.69) is 0 Å². The lowest BCUT2D eigenvalue weighted by molar-refractivity contribution is -0.147. The van der Waals surface area contributed by atoms with E-state index in [1.807, 2.05) is 0 Å². The van der Waals surface area contributed by atoms with Gasteiger partial charge in [0.1, 0.15) is 0 Å². The van der Waals surface area contributed by atoms with E-state index in [1.54, 1.807) is 0 Å². The van der Waals surface area contributed by atoms with E-state index in [1.165, 1.54) is 7.11 Å². The molecule has 0 aromatic heterocycles. The minimum atomic E-state index is -0.0624. The number of rotatable bonds is 4. The molecule has 17 heavy (non-hydrogen) atoms. The van der Waals surface area contributed by atoms with Gasteiger partial charge in [0.2, 0.25) is 0 Å². The van der Waals surface area contributed by atoms with Crippen LogP contribution < -0.4 is 0 Å². The van der Waals surface area contributed by atoms with Gasteiger partial charge in [-0.15, -0.1) is 0 Å². The smallest absolute Gasteiger partial charge is 0.308 e. The van der Waals surface area contributed by atoms with Crippen LogP contribution in [0.2, 0.25) is 0 Å². The van der Waals surface area contributed by atoms with E-state index in [4.69, 9.17) is 14.2 Å². The SMILES string of the molecule is COC(=O)C1CCC(OCC2CCOC2)CC1. The van der Waals surface area contributed by atoms with Crippen LogP contribution in [0.5, 0.6) is 0 Å². The van der Waals surface area contributed by atoms with E-state index in [0.717, 1.165) is 51.9 Å². The molecule has 0 bridgehead atoms. The molecule has 2 rings (SSSR count). The lowest BCUT2D eigenvalue weighted by Crippen LogP contribution is -2.28. The highest BCUT2D eigenvalue weighted by Gasteiger charge is 2.28. The molecule has 4 heteroatoms. The second-order valence-corrected chi connectivity index (χ2v) is 5.06. The molecule has 2 fully saturated rings. The van der Waals surface area contributed by atoms with Crippen molar-refractivity contribution in [3.05, 3.63) is 0 Å². The van der Waals surface area contributed by atoms with Gasteiger partial charge >= 0.3 is 5.97 Å². The Morgan fingerprint density at radius 3 is 2.59 bits per heavy atom. The minimum absolute atomic E-state index is 0.0624. The van der Waals surface area contributed by atoms with Gasteiger partial charge in [-0.2, -0.15) is 0 Å². The standard InChI is InChI=1S/C13H22O4/c1-15-13(14)11-2-4-12(5-3-11)17-9-10-6-7-16-8-10/h10-12H,2-9H2,1H3. The third kappa shape index (κ3) is 3.68. The number of ether oxygens (including phenoxy) is 3. The minimum Gasteiger partial charge on any atom is -0.469 e. The zero-order valence-electron chi connectivity index (χ0n) is 10.5. The first-order valence-electron chi connectivity index (χ1n) is 6.56. The monoisotopic (exact) mass is 242 g/mol. The fraction of sp³-hybridized carbons (Fsp3) is 0.923. The fourth-order valence-corrected chi connectivity index (χ4v) is 2.62. The molecule has 0 radical (unpaired) electrons. The predicted molar refractivity (Wildman–Crippen MR) is 62.6 cm³/mol. The van der Waals surface area contributed by atoms with Crippen molar-refractivity contribution in [3.8, 4) is 0 Å². The van der Waals surface area contributed by atoms with Crippen LogP contribution in [-0.2, 0) is 19.0 Å². The quantitative estimate of drug-likeness (QED) is 0.705. The molecule has 4 nitrogen and oxygen atoms in total. The molecule has 98 valence electrons. The van der Waals surface area contributed by atoms with Gasteiger partial charge in [-0.3, -0.25) is 4.79 Å².